The van der Waals surface area contributed by atoms with Crippen LogP contribution in [0.25, 0.3) is 0 Å². The first-order chi connectivity index (χ1) is 18.0. The molecule has 3 amide bonds. The number of phenolic OH excluding ortho intramolecular Hbond substituents is 1. The minimum absolute atomic E-state index is 0.00331. The molecule has 13 heteroatoms. The van der Waals surface area contributed by atoms with Gasteiger partial charge in [-0.05, 0) is 23.3 Å². The Morgan fingerprint density at radius 2 is 1.24 bits per heavy atom. The number of thiol groups is 1. The first-order valence-corrected chi connectivity index (χ1v) is 12.2. The molecule has 0 aliphatic carbocycles. The van der Waals surface area contributed by atoms with Crippen molar-refractivity contribution in [1.82, 2.24) is 16.0 Å². The molecule has 0 fully saturated rings. The van der Waals surface area contributed by atoms with E-state index in [-0.39, 0.29) is 24.3 Å². The number of amides is 3. The summed E-state index contributed by atoms with van der Waals surface area (Å²) in [6.45, 7) is 0. The van der Waals surface area contributed by atoms with Crippen LogP contribution in [0, 0.1) is 0 Å². The van der Waals surface area contributed by atoms with Crippen LogP contribution in [0.3, 0.4) is 0 Å². The molecule has 0 aliphatic heterocycles. The van der Waals surface area contributed by atoms with Gasteiger partial charge in [-0.25, -0.2) is 4.79 Å². The molecule has 0 saturated carbocycles. The number of hydrogen-bond donors (Lipinski definition) is 8. The Labute approximate surface area is 224 Å². The van der Waals surface area contributed by atoms with Gasteiger partial charge in [0.25, 0.3) is 0 Å². The van der Waals surface area contributed by atoms with E-state index < -0.39 is 60.2 Å². The van der Waals surface area contributed by atoms with E-state index in [9.17, 15) is 34.2 Å². The largest absolute Gasteiger partial charge is 0.508 e. The van der Waals surface area contributed by atoms with Crippen molar-refractivity contribution < 1.29 is 39.3 Å². The van der Waals surface area contributed by atoms with Crippen molar-refractivity contribution in [1.29, 1.82) is 0 Å². The van der Waals surface area contributed by atoms with Gasteiger partial charge in [0.15, 0.2) is 0 Å². The van der Waals surface area contributed by atoms with Crippen molar-refractivity contribution in [3.8, 4) is 5.75 Å². The number of carbonyl (C=O) groups is 5. The number of aliphatic carboxylic acids is 2. The quantitative estimate of drug-likeness (QED) is 0.143. The Hall–Kier alpha value is -4.10. The van der Waals surface area contributed by atoms with Gasteiger partial charge in [-0.3, -0.25) is 19.2 Å². The number of benzene rings is 2. The average Bonchev–Trinajstić information content (AvgIpc) is 2.87. The van der Waals surface area contributed by atoms with Crippen LogP contribution in [-0.4, -0.2) is 74.9 Å². The van der Waals surface area contributed by atoms with Gasteiger partial charge in [0.05, 0.1) is 12.5 Å². The lowest BCUT2D eigenvalue weighted by Crippen LogP contribution is -2.58. The fourth-order valence-corrected chi connectivity index (χ4v) is 3.68. The summed E-state index contributed by atoms with van der Waals surface area (Å²) < 4.78 is 0. The minimum atomic E-state index is -1.40. The van der Waals surface area contributed by atoms with E-state index in [0.29, 0.717) is 11.1 Å². The monoisotopic (exact) mass is 546 g/mol. The SMILES string of the molecule is NC(CC(=O)O)C(=O)NC(Cc1ccccc1)C(=O)NC(CS)C(=O)NC(Cc1ccc(O)cc1)C(=O)O. The Balaban J connectivity index is 2.13. The van der Waals surface area contributed by atoms with Crippen LogP contribution >= 0.6 is 12.6 Å². The van der Waals surface area contributed by atoms with Gasteiger partial charge < -0.3 is 37.0 Å². The summed E-state index contributed by atoms with van der Waals surface area (Å²) in [5, 5.41) is 35.1. The molecule has 0 bridgehead atoms. The zero-order valence-corrected chi connectivity index (χ0v) is 21.1. The number of hydrogen-bond acceptors (Lipinski definition) is 8. The van der Waals surface area contributed by atoms with Gasteiger partial charge in [0, 0.05) is 18.6 Å². The minimum Gasteiger partial charge on any atom is -0.508 e. The molecule has 2 rings (SSSR count). The van der Waals surface area contributed by atoms with Crippen molar-refractivity contribution in [2.75, 3.05) is 5.75 Å². The van der Waals surface area contributed by atoms with Crippen LogP contribution in [0.4, 0.5) is 0 Å². The molecule has 0 heterocycles. The molecule has 4 atom stereocenters. The number of carboxylic acid groups (broad SMARTS) is 2. The van der Waals surface area contributed by atoms with E-state index in [1.165, 1.54) is 24.3 Å². The van der Waals surface area contributed by atoms with Crippen LogP contribution in [0.2, 0.25) is 0 Å². The maximum atomic E-state index is 13.1. The van der Waals surface area contributed by atoms with Gasteiger partial charge in [-0.1, -0.05) is 42.5 Å². The molecule has 0 spiro atoms. The lowest BCUT2D eigenvalue weighted by Gasteiger charge is -2.24. The molecule has 204 valence electrons. The molecule has 2 aromatic carbocycles. The average molecular weight is 547 g/mol. The molecule has 0 aliphatic rings. The van der Waals surface area contributed by atoms with Crippen LogP contribution < -0.4 is 21.7 Å². The molecule has 2 aromatic rings. The number of nitrogens with two attached hydrogens (primary N) is 1. The van der Waals surface area contributed by atoms with Crippen molar-refractivity contribution in [3.63, 3.8) is 0 Å². The predicted molar refractivity (Wildman–Crippen MR) is 139 cm³/mol. The second kappa shape index (κ2) is 14.6. The van der Waals surface area contributed by atoms with E-state index in [2.05, 4.69) is 28.6 Å². The standard InChI is InChI=1S/C25H30N4O8S/c26-17(12-21(31)32)22(33)27-18(10-14-4-2-1-3-5-14)23(34)29-20(13-38)24(35)28-19(25(36)37)11-15-6-8-16(30)9-7-15/h1-9,17-20,30,38H,10-13,26H2,(H,27,33)(H,28,35)(H,29,34)(H,31,32)(H,36,37). The van der Waals surface area contributed by atoms with Gasteiger partial charge in [0.1, 0.15) is 23.9 Å². The van der Waals surface area contributed by atoms with Crippen LogP contribution in [0.5, 0.6) is 5.75 Å². The van der Waals surface area contributed by atoms with Gasteiger partial charge >= 0.3 is 11.9 Å². The summed E-state index contributed by atoms with van der Waals surface area (Å²) in [5.74, 6) is -5.23. The molecular weight excluding hydrogens is 516 g/mol. The predicted octanol–water partition coefficient (Wildman–Crippen LogP) is -0.552. The van der Waals surface area contributed by atoms with Crippen LogP contribution in [0.15, 0.2) is 54.6 Å². The summed E-state index contributed by atoms with van der Waals surface area (Å²) in [7, 11) is 0. The molecule has 12 nitrogen and oxygen atoms in total. The maximum Gasteiger partial charge on any atom is 0.326 e. The summed E-state index contributed by atoms with van der Waals surface area (Å²) in [4.78, 5) is 61.0. The number of carbonyl (C=O) groups excluding carboxylic acids is 3. The molecule has 0 saturated heterocycles. The third-order valence-corrected chi connectivity index (χ3v) is 5.82. The van der Waals surface area contributed by atoms with Crippen LogP contribution in [0.1, 0.15) is 17.5 Å². The number of rotatable bonds is 14. The summed E-state index contributed by atoms with van der Waals surface area (Å²) in [6, 6.07) is 9.24. The Kier molecular flexibility index (Phi) is 11.6. The summed E-state index contributed by atoms with van der Waals surface area (Å²) in [5.41, 5.74) is 6.84. The first kappa shape index (κ1) is 30.1. The fraction of sp³-hybridized carbons (Fsp3) is 0.320. The van der Waals surface area contributed by atoms with E-state index in [4.69, 9.17) is 10.8 Å². The maximum absolute atomic E-state index is 13.1. The second-order valence-electron chi connectivity index (χ2n) is 8.47. The molecule has 38 heavy (non-hydrogen) atoms. The lowest BCUT2D eigenvalue weighted by molar-refractivity contribution is -0.142. The zero-order chi connectivity index (χ0) is 28.2. The summed E-state index contributed by atoms with van der Waals surface area (Å²) >= 11 is 4.10. The smallest absolute Gasteiger partial charge is 0.326 e. The highest BCUT2D eigenvalue weighted by Gasteiger charge is 2.30. The Bertz CT molecular complexity index is 1130. The van der Waals surface area contributed by atoms with Gasteiger partial charge in [0.2, 0.25) is 17.7 Å². The van der Waals surface area contributed by atoms with Gasteiger partial charge in [-0.2, -0.15) is 12.6 Å². The van der Waals surface area contributed by atoms with Crippen molar-refractivity contribution in [2.45, 2.75) is 43.4 Å². The highest BCUT2D eigenvalue weighted by Crippen LogP contribution is 2.12. The highest BCUT2D eigenvalue weighted by molar-refractivity contribution is 7.80. The highest BCUT2D eigenvalue weighted by atomic mass is 32.1. The Morgan fingerprint density at radius 3 is 1.79 bits per heavy atom. The van der Waals surface area contributed by atoms with E-state index in [0.717, 1.165) is 0 Å². The van der Waals surface area contributed by atoms with E-state index in [1.807, 2.05) is 0 Å². The molecule has 4 unspecified atom stereocenters. The topological polar surface area (TPSA) is 208 Å². The van der Waals surface area contributed by atoms with E-state index in [1.54, 1.807) is 30.3 Å². The molecule has 0 radical (unpaired) electrons. The normalized spacial score (nSPS) is 13.8. The molecule has 0 aromatic heterocycles. The number of carboxylic acids is 2. The summed E-state index contributed by atoms with van der Waals surface area (Å²) in [6.07, 6.45) is -0.717. The van der Waals surface area contributed by atoms with Gasteiger partial charge in [-0.15, -0.1) is 0 Å². The number of nitrogens with one attached hydrogen (secondary N) is 3. The Morgan fingerprint density at radius 1 is 0.737 bits per heavy atom. The number of phenols is 1. The first-order valence-electron chi connectivity index (χ1n) is 11.5. The molecule has 8 N–H and O–H groups in total. The second-order valence-corrected chi connectivity index (χ2v) is 8.83. The van der Waals surface area contributed by atoms with Crippen molar-refractivity contribution in [3.05, 3.63) is 65.7 Å². The fourth-order valence-electron chi connectivity index (χ4n) is 3.43. The van der Waals surface area contributed by atoms with Crippen molar-refractivity contribution >= 4 is 42.3 Å². The number of aromatic hydroxyl groups is 1. The third-order valence-electron chi connectivity index (χ3n) is 5.45. The third kappa shape index (κ3) is 9.75. The molecular formula is C25H30N4O8S. The van der Waals surface area contributed by atoms with Crippen molar-refractivity contribution in [2.24, 2.45) is 5.73 Å². The van der Waals surface area contributed by atoms with E-state index >= 15 is 0 Å². The lowest BCUT2D eigenvalue weighted by atomic mass is 10.0. The zero-order valence-electron chi connectivity index (χ0n) is 20.2. The van der Waals surface area contributed by atoms with Crippen LogP contribution in [-0.2, 0) is 36.8 Å².